The summed E-state index contributed by atoms with van der Waals surface area (Å²) in [5.41, 5.74) is 0. The summed E-state index contributed by atoms with van der Waals surface area (Å²) < 4.78 is 7.36. The summed E-state index contributed by atoms with van der Waals surface area (Å²) in [5, 5.41) is 10.2. The Morgan fingerprint density at radius 2 is 0.682 bits per heavy atom. The summed E-state index contributed by atoms with van der Waals surface area (Å²) in [7, 11) is 0. The van der Waals surface area contributed by atoms with Crippen molar-refractivity contribution in [2.45, 2.75) is 0 Å². The van der Waals surface area contributed by atoms with Crippen molar-refractivity contribution >= 4 is 115 Å². The van der Waals surface area contributed by atoms with Gasteiger partial charge in [0.15, 0.2) is 0 Å². The van der Waals surface area contributed by atoms with E-state index in [1.165, 1.54) is 0 Å². The fraction of sp³-hybridized carbons (Fsp3) is 0. The second kappa shape index (κ2) is 5.16. The Balaban J connectivity index is 2.03. The van der Waals surface area contributed by atoms with Crippen molar-refractivity contribution in [3.63, 3.8) is 0 Å². The topological polar surface area (TPSA) is 0 Å². The van der Waals surface area contributed by atoms with Crippen molar-refractivity contribution in [2.75, 3.05) is 0 Å². The molecule has 0 aliphatic carbocycles. The van der Waals surface area contributed by atoms with E-state index in [-0.39, 0.29) is 68.2 Å². The molecule has 0 saturated carbocycles. The predicted molar refractivity (Wildman–Crippen MR) is 101 cm³/mol. The first kappa shape index (κ1) is 14.0. The molecule has 0 amide bonds. The van der Waals surface area contributed by atoms with Crippen LogP contribution in [0.3, 0.4) is 0 Å². The molecule has 0 nitrogen and oxygen atoms in total. The van der Waals surface area contributed by atoms with Gasteiger partial charge in [-0.15, -0.1) is 0 Å². The molecule has 0 fully saturated rings. The molecule has 0 aromatic heterocycles. The molecule has 0 unspecified atom stereocenters. The first-order valence-corrected chi connectivity index (χ1v) is 26.4. The standard InChI is InChI=1S/C18H8Te4/c1-2-6-10-9(5-1)15-13-14-16(10)20-22-18(14)12-8-4-3-7-11(12)17(13)21-19-15/h1-8H. The van der Waals surface area contributed by atoms with Crippen LogP contribution in [-0.4, -0.2) is 68.2 Å². The van der Waals surface area contributed by atoms with E-state index >= 15 is 0 Å². The van der Waals surface area contributed by atoms with E-state index in [9.17, 15) is 0 Å². The van der Waals surface area contributed by atoms with E-state index in [2.05, 4.69) is 48.5 Å². The number of rotatable bonds is 0. The molecule has 0 bridgehead atoms. The van der Waals surface area contributed by atoms with Crippen LogP contribution in [0, 0.1) is 0 Å². The fourth-order valence-corrected chi connectivity index (χ4v) is 31.7. The molecule has 22 heavy (non-hydrogen) atoms. The van der Waals surface area contributed by atoms with Crippen molar-refractivity contribution in [3.8, 4) is 0 Å². The molecule has 0 spiro atoms. The molecular formula is C18H8Te4. The van der Waals surface area contributed by atoms with E-state index in [0.717, 1.165) is 0 Å². The minimum atomic E-state index is 0.0763. The van der Waals surface area contributed by atoms with Gasteiger partial charge in [0, 0.05) is 0 Å². The van der Waals surface area contributed by atoms with E-state index in [1.807, 2.05) is 14.4 Å². The summed E-state index contributed by atoms with van der Waals surface area (Å²) in [6.07, 6.45) is 0. The predicted octanol–water partition coefficient (Wildman–Crippen LogP) is 0.321. The molecule has 4 heteroatoms. The van der Waals surface area contributed by atoms with Crippen LogP contribution in [0.15, 0.2) is 48.5 Å². The number of benzene rings is 4. The van der Waals surface area contributed by atoms with Crippen LogP contribution in [-0.2, 0) is 0 Å². The van der Waals surface area contributed by atoms with Crippen molar-refractivity contribution in [2.24, 2.45) is 0 Å². The monoisotopic (exact) mass is 744 g/mol. The molecule has 4 aromatic rings. The van der Waals surface area contributed by atoms with Crippen LogP contribution in [0.2, 0.25) is 0 Å². The average Bonchev–Trinajstić information content (AvgIpc) is 3.19. The van der Waals surface area contributed by atoms with E-state index in [1.54, 1.807) is 32.3 Å². The van der Waals surface area contributed by atoms with Crippen molar-refractivity contribution in [1.82, 2.24) is 0 Å². The third kappa shape index (κ3) is 1.73. The zero-order valence-electron chi connectivity index (χ0n) is 11.3. The first-order chi connectivity index (χ1) is 10.9. The molecule has 4 aromatic carbocycles. The minimum absolute atomic E-state index is 0.0763. The fourth-order valence-electron chi connectivity index (χ4n) is 3.47. The zero-order chi connectivity index (χ0) is 14.3. The second-order valence-electron chi connectivity index (χ2n) is 5.49. The van der Waals surface area contributed by atoms with Crippen LogP contribution >= 0.6 is 0 Å². The maximum absolute atomic E-state index is 2.42. The molecule has 2 aliphatic rings. The van der Waals surface area contributed by atoms with Crippen molar-refractivity contribution < 1.29 is 0 Å². The molecule has 2 aliphatic heterocycles. The summed E-state index contributed by atoms with van der Waals surface area (Å²) in [4.78, 5) is 0. The molecule has 6 rings (SSSR count). The first-order valence-electron chi connectivity index (χ1n) is 7.05. The van der Waals surface area contributed by atoms with E-state index < -0.39 is 0 Å². The average molecular weight is 735 g/mol. The number of fused-ring (bicyclic) bond motifs is 6. The Labute approximate surface area is 161 Å². The Morgan fingerprint density at radius 1 is 0.409 bits per heavy atom. The van der Waals surface area contributed by atoms with Gasteiger partial charge in [-0.25, -0.2) is 0 Å². The Kier molecular flexibility index (Phi) is 3.29. The normalized spacial score (nSPS) is 15.5. The van der Waals surface area contributed by atoms with E-state index in [4.69, 9.17) is 0 Å². The molecule has 0 saturated heterocycles. The third-order valence-corrected chi connectivity index (χ3v) is 27.6. The van der Waals surface area contributed by atoms with Crippen molar-refractivity contribution in [1.29, 1.82) is 0 Å². The number of hydrogen-bond acceptors (Lipinski definition) is 0. The Bertz CT molecular complexity index is 955. The van der Waals surface area contributed by atoms with Gasteiger partial charge < -0.3 is 0 Å². The van der Waals surface area contributed by atoms with Crippen LogP contribution in [0.4, 0.5) is 0 Å². The molecule has 0 radical (unpaired) electrons. The van der Waals surface area contributed by atoms with Crippen molar-refractivity contribution in [3.05, 3.63) is 48.5 Å². The molecule has 2 heterocycles. The van der Waals surface area contributed by atoms with Crippen LogP contribution in [0.1, 0.15) is 0 Å². The second-order valence-corrected chi connectivity index (χ2v) is 24.8. The van der Waals surface area contributed by atoms with Gasteiger partial charge in [0.1, 0.15) is 0 Å². The summed E-state index contributed by atoms with van der Waals surface area (Å²) >= 11 is 0.305. The Morgan fingerprint density at radius 3 is 0.955 bits per heavy atom. The quantitative estimate of drug-likeness (QED) is 0.181. The van der Waals surface area contributed by atoms with Gasteiger partial charge in [-0.1, -0.05) is 0 Å². The van der Waals surface area contributed by atoms with Crippen LogP contribution in [0.5, 0.6) is 0 Å². The summed E-state index contributed by atoms with van der Waals surface area (Å²) in [5.74, 6) is 0. The number of hydrogen-bond donors (Lipinski definition) is 0. The van der Waals surface area contributed by atoms with Gasteiger partial charge in [-0.2, -0.15) is 0 Å². The molecular weight excluding hydrogens is 727 g/mol. The van der Waals surface area contributed by atoms with Gasteiger partial charge in [0.2, 0.25) is 0 Å². The zero-order valence-corrected chi connectivity index (χ0v) is 20.6. The molecule has 0 N–H and O–H groups in total. The summed E-state index contributed by atoms with van der Waals surface area (Å²) in [6.45, 7) is 0. The van der Waals surface area contributed by atoms with Crippen LogP contribution < -0.4 is 14.4 Å². The van der Waals surface area contributed by atoms with Gasteiger partial charge in [0.05, 0.1) is 0 Å². The Hall–Kier alpha value is 0.818. The SMILES string of the molecule is c1ccc2c3c4c(c5ccccc5c5c4c(c2c1)[Te][Te]5)[Te][Te]3. The summed E-state index contributed by atoms with van der Waals surface area (Å²) in [6, 6.07) is 18.7. The van der Waals surface area contributed by atoms with Gasteiger partial charge >= 0.3 is 164 Å². The maximum atomic E-state index is 2.42. The van der Waals surface area contributed by atoms with Gasteiger partial charge in [0.25, 0.3) is 0 Å². The van der Waals surface area contributed by atoms with Gasteiger partial charge in [-0.3, -0.25) is 0 Å². The third-order valence-electron chi connectivity index (χ3n) is 4.41. The molecule has 104 valence electrons. The van der Waals surface area contributed by atoms with Crippen LogP contribution in [0.25, 0.3) is 32.3 Å². The molecule has 0 atom stereocenters. The van der Waals surface area contributed by atoms with Gasteiger partial charge in [-0.05, 0) is 0 Å². The van der Waals surface area contributed by atoms with E-state index in [0.29, 0.717) is 0 Å².